The summed E-state index contributed by atoms with van der Waals surface area (Å²) in [4.78, 5) is 7.90. The van der Waals surface area contributed by atoms with E-state index in [1.54, 1.807) is 4.68 Å². The number of nitrogens with zero attached hydrogens (tertiary/aromatic N) is 5. The van der Waals surface area contributed by atoms with Crippen LogP contribution in [0.25, 0.3) is 0 Å². The predicted molar refractivity (Wildman–Crippen MR) is 59.5 cm³/mol. The highest BCUT2D eigenvalue weighted by atomic mass is 16.5. The first-order chi connectivity index (χ1) is 8.11. The highest BCUT2D eigenvalue weighted by molar-refractivity contribution is 5.34. The maximum Gasteiger partial charge on any atom is 0.323 e. The van der Waals surface area contributed by atoms with Crippen molar-refractivity contribution in [3.63, 3.8) is 0 Å². The Morgan fingerprint density at radius 2 is 2.18 bits per heavy atom. The second-order valence-electron chi connectivity index (χ2n) is 3.56. The Balaban J connectivity index is 2.35. The molecule has 0 aliphatic rings. The third-order valence-corrected chi connectivity index (χ3v) is 2.38. The molecule has 86 valence electrons. The van der Waals surface area contributed by atoms with Gasteiger partial charge in [-0.05, 0) is 19.9 Å². The summed E-state index contributed by atoms with van der Waals surface area (Å²) in [7, 11) is 1.84. The van der Waals surface area contributed by atoms with Crippen LogP contribution >= 0.6 is 0 Å². The molecule has 6 heteroatoms. The van der Waals surface area contributed by atoms with Gasteiger partial charge in [-0.15, -0.1) is 0 Å². The lowest BCUT2D eigenvalue weighted by molar-refractivity contribution is 0.434. The molecule has 0 radical (unpaired) electrons. The summed E-state index contributed by atoms with van der Waals surface area (Å²) in [5.74, 6) is 0.627. The second kappa shape index (κ2) is 4.22. The van der Waals surface area contributed by atoms with Crippen molar-refractivity contribution in [3.05, 3.63) is 29.3 Å². The molecule has 2 heterocycles. The highest BCUT2D eigenvalue weighted by Crippen LogP contribution is 2.25. The monoisotopic (exact) mass is 229 g/mol. The van der Waals surface area contributed by atoms with Gasteiger partial charge in [-0.2, -0.15) is 15.3 Å². The number of aromatic nitrogens is 4. The maximum absolute atomic E-state index is 8.73. The smallest absolute Gasteiger partial charge is 0.323 e. The zero-order valence-corrected chi connectivity index (χ0v) is 9.80. The van der Waals surface area contributed by atoms with Gasteiger partial charge in [0.1, 0.15) is 17.5 Å². The number of nitriles is 1. The van der Waals surface area contributed by atoms with E-state index in [2.05, 4.69) is 15.1 Å². The number of aryl methyl sites for hydroxylation is 2. The lowest BCUT2D eigenvalue weighted by Crippen LogP contribution is -1.96. The van der Waals surface area contributed by atoms with Crippen LogP contribution in [0.15, 0.2) is 12.3 Å². The summed E-state index contributed by atoms with van der Waals surface area (Å²) in [6.45, 7) is 3.74. The van der Waals surface area contributed by atoms with Crippen LogP contribution in [0.3, 0.4) is 0 Å². The third kappa shape index (κ3) is 2.08. The van der Waals surface area contributed by atoms with Gasteiger partial charge in [-0.25, -0.2) is 4.98 Å². The van der Waals surface area contributed by atoms with E-state index in [-0.39, 0.29) is 11.7 Å². The number of ether oxygens (including phenoxy) is 1. The molecule has 0 bridgehead atoms. The van der Waals surface area contributed by atoms with Crippen LogP contribution in [0, 0.1) is 25.2 Å². The van der Waals surface area contributed by atoms with E-state index in [1.165, 1.54) is 12.3 Å². The molecule has 0 aromatic carbocycles. The fourth-order valence-electron chi connectivity index (χ4n) is 1.45. The maximum atomic E-state index is 8.73. The Bertz CT molecular complexity index is 596. The average molecular weight is 229 g/mol. The SMILES string of the molecule is Cc1nn(C)c(C)c1Oc1nccc(C#N)n1. The normalized spacial score (nSPS) is 10.0. The van der Waals surface area contributed by atoms with Crippen molar-refractivity contribution in [2.45, 2.75) is 13.8 Å². The van der Waals surface area contributed by atoms with E-state index in [0.717, 1.165) is 11.4 Å². The van der Waals surface area contributed by atoms with Gasteiger partial charge in [0.05, 0.1) is 5.69 Å². The highest BCUT2D eigenvalue weighted by Gasteiger charge is 2.13. The molecule has 0 spiro atoms. The van der Waals surface area contributed by atoms with Crippen molar-refractivity contribution in [3.8, 4) is 17.8 Å². The van der Waals surface area contributed by atoms with Crippen LogP contribution in [0.5, 0.6) is 11.8 Å². The first-order valence-corrected chi connectivity index (χ1v) is 5.03. The Morgan fingerprint density at radius 3 is 2.76 bits per heavy atom. The Labute approximate surface area is 98.5 Å². The quantitative estimate of drug-likeness (QED) is 0.779. The molecule has 2 rings (SSSR count). The summed E-state index contributed by atoms with van der Waals surface area (Å²) in [5, 5.41) is 12.9. The zero-order chi connectivity index (χ0) is 12.4. The van der Waals surface area contributed by atoms with Crippen molar-refractivity contribution in [2.24, 2.45) is 7.05 Å². The molecule has 0 saturated carbocycles. The first kappa shape index (κ1) is 11.1. The molecule has 0 amide bonds. The van der Waals surface area contributed by atoms with Gasteiger partial charge in [-0.1, -0.05) is 0 Å². The fourth-order valence-corrected chi connectivity index (χ4v) is 1.45. The number of hydrogen-bond donors (Lipinski definition) is 0. The minimum Gasteiger partial charge on any atom is -0.420 e. The van der Waals surface area contributed by atoms with Crippen LogP contribution in [0.4, 0.5) is 0 Å². The van der Waals surface area contributed by atoms with Crippen molar-refractivity contribution >= 4 is 0 Å². The Kier molecular flexibility index (Phi) is 2.75. The second-order valence-corrected chi connectivity index (χ2v) is 3.56. The summed E-state index contributed by atoms with van der Waals surface area (Å²) in [5.41, 5.74) is 1.92. The van der Waals surface area contributed by atoms with E-state index in [9.17, 15) is 0 Å². The van der Waals surface area contributed by atoms with E-state index < -0.39 is 0 Å². The van der Waals surface area contributed by atoms with Crippen LogP contribution in [-0.4, -0.2) is 19.7 Å². The van der Waals surface area contributed by atoms with Crippen molar-refractivity contribution in [1.29, 1.82) is 5.26 Å². The van der Waals surface area contributed by atoms with E-state index in [0.29, 0.717) is 5.75 Å². The van der Waals surface area contributed by atoms with Crippen molar-refractivity contribution in [1.82, 2.24) is 19.7 Å². The zero-order valence-electron chi connectivity index (χ0n) is 9.80. The molecule has 0 N–H and O–H groups in total. The lowest BCUT2D eigenvalue weighted by Gasteiger charge is -2.03. The van der Waals surface area contributed by atoms with Gasteiger partial charge in [0.25, 0.3) is 0 Å². The molecule has 0 saturated heterocycles. The van der Waals surface area contributed by atoms with Crippen molar-refractivity contribution in [2.75, 3.05) is 0 Å². The minimum absolute atomic E-state index is 0.156. The lowest BCUT2D eigenvalue weighted by atomic mass is 10.3. The van der Waals surface area contributed by atoms with E-state index >= 15 is 0 Å². The average Bonchev–Trinajstić information content (AvgIpc) is 2.56. The molecule has 2 aromatic rings. The Morgan fingerprint density at radius 1 is 1.41 bits per heavy atom. The van der Waals surface area contributed by atoms with Crippen LogP contribution in [0.2, 0.25) is 0 Å². The van der Waals surface area contributed by atoms with E-state index in [4.69, 9.17) is 10.00 Å². The van der Waals surface area contributed by atoms with Gasteiger partial charge >= 0.3 is 6.01 Å². The summed E-state index contributed by atoms with van der Waals surface area (Å²) in [6, 6.07) is 3.62. The predicted octanol–water partition coefficient (Wildman–Crippen LogP) is 1.49. The molecule has 0 aliphatic carbocycles. The van der Waals surface area contributed by atoms with Gasteiger partial charge in [-0.3, -0.25) is 4.68 Å². The summed E-state index contributed by atoms with van der Waals surface area (Å²) < 4.78 is 7.27. The van der Waals surface area contributed by atoms with Gasteiger partial charge in [0.15, 0.2) is 5.75 Å². The van der Waals surface area contributed by atoms with Gasteiger partial charge in [0, 0.05) is 13.2 Å². The summed E-state index contributed by atoms with van der Waals surface area (Å²) >= 11 is 0. The molecule has 17 heavy (non-hydrogen) atoms. The van der Waals surface area contributed by atoms with Crippen LogP contribution in [0.1, 0.15) is 17.1 Å². The van der Waals surface area contributed by atoms with Crippen LogP contribution < -0.4 is 4.74 Å². The first-order valence-electron chi connectivity index (χ1n) is 5.03. The molecule has 0 unspecified atom stereocenters. The fraction of sp³-hybridized carbons (Fsp3) is 0.273. The topological polar surface area (TPSA) is 76.6 Å². The Hall–Kier alpha value is -2.42. The minimum atomic E-state index is 0.156. The summed E-state index contributed by atoms with van der Waals surface area (Å²) in [6.07, 6.45) is 1.49. The van der Waals surface area contributed by atoms with E-state index in [1.807, 2.05) is 27.0 Å². The largest absolute Gasteiger partial charge is 0.420 e. The molecule has 2 aromatic heterocycles. The molecule has 0 aliphatic heterocycles. The van der Waals surface area contributed by atoms with Gasteiger partial charge in [0.2, 0.25) is 0 Å². The molecule has 0 atom stereocenters. The number of rotatable bonds is 2. The van der Waals surface area contributed by atoms with Crippen molar-refractivity contribution < 1.29 is 4.74 Å². The molecule has 6 nitrogen and oxygen atoms in total. The van der Waals surface area contributed by atoms with Gasteiger partial charge < -0.3 is 4.74 Å². The number of hydrogen-bond acceptors (Lipinski definition) is 5. The molecule has 0 fully saturated rings. The standard InChI is InChI=1S/C11H11N5O/c1-7-10(8(2)16(3)15-7)17-11-13-5-4-9(6-12)14-11/h4-5H,1-3H3. The molecular formula is C11H11N5O. The molecular weight excluding hydrogens is 218 g/mol. The van der Waals surface area contributed by atoms with Crippen LogP contribution in [-0.2, 0) is 7.05 Å². The third-order valence-electron chi connectivity index (χ3n) is 2.38.